The molecular formula is C15H20N4. The summed E-state index contributed by atoms with van der Waals surface area (Å²) in [5, 5.41) is 2.45. The summed E-state index contributed by atoms with van der Waals surface area (Å²) in [5.74, 6) is 1.10. The minimum Gasteiger partial charge on any atom is -0.354 e. The zero-order valence-electron chi connectivity index (χ0n) is 11.3. The fourth-order valence-electron chi connectivity index (χ4n) is 2.67. The molecule has 1 saturated heterocycles. The van der Waals surface area contributed by atoms with Crippen molar-refractivity contribution in [2.75, 3.05) is 38.1 Å². The summed E-state index contributed by atoms with van der Waals surface area (Å²) >= 11 is 0. The second-order valence-corrected chi connectivity index (χ2v) is 5.15. The molecule has 2 heterocycles. The van der Waals surface area contributed by atoms with Crippen LogP contribution >= 0.6 is 0 Å². The normalized spacial score (nSPS) is 17.1. The number of piperazine rings is 1. The minimum absolute atomic E-state index is 0.538. The van der Waals surface area contributed by atoms with E-state index < -0.39 is 0 Å². The van der Waals surface area contributed by atoms with E-state index in [-0.39, 0.29) is 0 Å². The van der Waals surface area contributed by atoms with E-state index in [0.29, 0.717) is 6.54 Å². The highest BCUT2D eigenvalue weighted by atomic mass is 15.3. The molecule has 0 radical (unpaired) electrons. The zero-order valence-corrected chi connectivity index (χ0v) is 11.3. The molecule has 0 aliphatic carbocycles. The van der Waals surface area contributed by atoms with Gasteiger partial charge in [-0.15, -0.1) is 0 Å². The molecule has 1 aromatic carbocycles. The van der Waals surface area contributed by atoms with Gasteiger partial charge in [-0.2, -0.15) is 0 Å². The number of fused-ring (bicyclic) bond motifs is 1. The summed E-state index contributed by atoms with van der Waals surface area (Å²) in [6.07, 6.45) is 1.93. The van der Waals surface area contributed by atoms with Crippen LogP contribution in [0.5, 0.6) is 0 Å². The number of nitrogens with two attached hydrogens (primary N) is 1. The number of benzene rings is 1. The van der Waals surface area contributed by atoms with Gasteiger partial charge in [0.05, 0.1) is 0 Å². The van der Waals surface area contributed by atoms with Crippen LogP contribution in [0.3, 0.4) is 0 Å². The van der Waals surface area contributed by atoms with E-state index in [4.69, 9.17) is 5.73 Å². The fourth-order valence-corrected chi connectivity index (χ4v) is 2.67. The summed E-state index contributed by atoms with van der Waals surface area (Å²) in [7, 11) is 2.17. The molecule has 0 spiro atoms. The van der Waals surface area contributed by atoms with E-state index in [1.807, 2.05) is 6.20 Å². The van der Waals surface area contributed by atoms with Gasteiger partial charge in [-0.25, -0.2) is 4.98 Å². The molecular weight excluding hydrogens is 236 g/mol. The molecule has 2 aromatic rings. The van der Waals surface area contributed by atoms with Crippen LogP contribution in [0.4, 0.5) is 5.82 Å². The van der Waals surface area contributed by atoms with Crippen LogP contribution in [0.1, 0.15) is 5.56 Å². The van der Waals surface area contributed by atoms with Crippen LogP contribution in [0, 0.1) is 0 Å². The Balaban J connectivity index is 2.04. The van der Waals surface area contributed by atoms with E-state index in [0.717, 1.165) is 37.6 Å². The van der Waals surface area contributed by atoms with Crippen LogP contribution < -0.4 is 10.6 Å². The lowest BCUT2D eigenvalue weighted by Gasteiger charge is -2.34. The SMILES string of the molecule is CN1CCN(c2ncc(CN)c3ccccc23)CC1. The van der Waals surface area contributed by atoms with Gasteiger partial charge >= 0.3 is 0 Å². The van der Waals surface area contributed by atoms with Crippen molar-refractivity contribution in [1.29, 1.82) is 0 Å². The van der Waals surface area contributed by atoms with Crippen LogP contribution in [-0.2, 0) is 6.54 Å². The number of anilines is 1. The average Bonchev–Trinajstić information content (AvgIpc) is 2.47. The molecule has 0 amide bonds. The summed E-state index contributed by atoms with van der Waals surface area (Å²) in [6, 6.07) is 8.42. The van der Waals surface area contributed by atoms with Gasteiger partial charge in [0.25, 0.3) is 0 Å². The monoisotopic (exact) mass is 256 g/mol. The van der Waals surface area contributed by atoms with E-state index in [2.05, 4.69) is 46.1 Å². The van der Waals surface area contributed by atoms with Crippen molar-refractivity contribution >= 4 is 16.6 Å². The second-order valence-electron chi connectivity index (χ2n) is 5.15. The van der Waals surface area contributed by atoms with Gasteiger partial charge < -0.3 is 15.5 Å². The van der Waals surface area contributed by atoms with E-state index in [1.165, 1.54) is 10.8 Å². The van der Waals surface area contributed by atoms with Crippen LogP contribution in [-0.4, -0.2) is 43.1 Å². The Labute approximate surface area is 113 Å². The number of hydrogen-bond donors (Lipinski definition) is 1. The molecule has 1 fully saturated rings. The van der Waals surface area contributed by atoms with Gasteiger partial charge in [-0.05, 0) is 18.0 Å². The second kappa shape index (κ2) is 5.15. The molecule has 4 heteroatoms. The molecule has 0 unspecified atom stereocenters. The maximum Gasteiger partial charge on any atom is 0.136 e. The number of likely N-dealkylation sites (N-methyl/N-ethyl adjacent to an activating group) is 1. The Kier molecular flexibility index (Phi) is 3.36. The van der Waals surface area contributed by atoms with E-state index in [1.54, 1.807) is 0 Å². The maximum atomic E-state index is 5.80. The van der Waals surface area contributed by atoms with Gasteiger partial charge in [0, 0.05) is 44.3 Å². The van der Waals surface area contributed by atoms with Crippen molar-refractivity contribution in [3.8, 4) is 0 Å². The molecule has 1 aliphatic rings. The molecule has 4 nitrogen and oxygen atoms in total. The van der Waals surface area contributed by atoms with Gasteiger partial charge in [0.1, 0.15) is 5.82 Å². The van der Waals surface area contributed by atoms with Crippen LogP contribution in [0.15, 0.2) is 30.5 Å². The third-order valence-corrected chi connectivity index (χ3v) is 3.88. The Morgan fingerprint density at radius 2 is 1.79 bits per heavy atom. The highest BCUT2D eigenvalue weighted by molar-refractivity contribution is 5.94. The summed E-state index contributed by atoms with van der Waals surface area (Å²) < 4.78 is 0. The Morgan fingerprint density at radius 1 is 1.11 bits per heavy atom. The first-order chi connectivity index (χ1) is 9.29. The highest BCUT2D eigenvalue weighted by Crippen LogP contribution is 2.27. The topological polar surface area (TPSA) is 45.4 Å². The largest absolute Gasteiger partial charge is 0.354 e. The Bertz CT molecular complexity index is 573. The molecule has 19 heavy (non-hydrogen) atoms. The van der Waals surface area contributed by atoms with Gasteiger partial charge in [0.2, 0.25) is 0 Å². The molecule has 0 atom stereocenters. The van der Waals surface area contributed by atoms with Crippen molar-refractivity contribution < 1.29 is 0 Å². The van der Waals surface area contributed by atoms with E-state index >= 15 is 0 Å². The molecule has 0 saturated carbocycles. The lowest BCUT2D eigenvalue weighted by atomic mass is 10.1. The van der Waals surface area contributed by atoms with Crippen LogP contribution in [0.2, 0.25) is 0 Å². The predicted octanol–water partition coefficient (Wildman–Crippen LogP) is 1.45. The number of pyridine rings is 1. The van der Waals surface area contributed by atoms with Crippen molar-refractivity contribution in [3.63, 3.8) is 0 Å². The molecule has 3 rings (SSSR count). The maximum absolute atomic E-state index is 5.80. The average molecular weight is 256 g/mol. The third kappa shape index (κ3) is 2.29. The standard InChI is InChI=1S/C15H20N4/c1-18-6-8-19(9-7-18)15-14-5-3-2-4-13(14)12(10-16)11-17-15/h2-5,11H,6-10,16H2,1H3. The summed E-state index contributed by atoms with van der Waals surface area (Å²) in [5.41, 5.74) is 6.92. The smallest absolute Gasteiger partial charge is 0.136 e. The van der Waals surface area contributed by atoms with Crippen molar-refractivity contribution in [2.24, 2.45) is 5.73 Å². The lowest BCUT2D eigenvalue weighted by Crippen LogP contribution is -2.44. The number of nitrogens with zero attached hydrogens (tertiary/aromatic N) is 3. The predicted molar refractivity (Wildman–Crippen MR) is 79.3 cm³/mol. The Hall–Kier alpha value is -1.65. The first-order valence-electron chi connectivity index (χ1n) is 6.80. The molecule has 100 valence electrons. The first kappa shape index (κ1) is 12.4. The summed E-state index contributed by atoms with van der Waals surface area (Å²) in [6.45, 7) is 4.80. The molecule has 2 N–H and O–H groups in total. The van der Waals surface area contributed by atoms with Crippen molar-refractivity contribution in [3.05, 3.63) is 36.0 Å². The quantitative estimate of drug-likeness (QED) is 0.883. The number of rotatable bonds is 2. The Morgan fingerprint density at radius 3 is 2.47 bits per heavy atom. The third-order valence-electron chi connectivity index (χ3n) is 3.88. The summed E-state index contributed by atoms with van der Waals surface area (Å²) in [4.78, 5) is 9.39. The molecule has 0 bridgehead atoms. The minimum atomic E-state index is 0.538. The van der Waals surface area contributed by atoms with E-state index in [9.17, 15) is 0 Å². The van der Waals surface area contributed by atoms with Crippen molar-refractivity contribution in [1.82, 2.24) is 9.88 Å². The van der Waals surface area contributed by atoms with Gasteiger partial charge in [0.15, 0.2) is 0 Å². The van der Waals surface area contributed by atoms with Crippen molar-refractivity contribution in [2.45, 2.75) is 6.54 Å². The first-order valence-corrected chi connectivity index (χ1v) is 6.80. The number of aromatic nitrogens is 1. The molecule has 1 aromatic heterocycles. The zero-order chi connectivity index (χ0) is 13.2. The number of hydrogen-bond acceptors (Lipinski definition) is 4. The molecule has 1 aliphatic heterocycles. The fraction of sp³-hybridized carbons (Fsp3) is 0.400. The van der Waals surface area contributed by atoms with Gasteiger partial charge in [-0.1, -0.05) is 24.3 Å². The van der Waals surface area contributed by atoms with Crippen LogP contribution in [0.25, 0.3) is 10.8 Å². The lowest BCUT2D eigenvalue weighted by molar-refractivity contribution is 0.312. The highest BCUT2D eigenvalue weighted by Gasteiger charge is 2.17. The van der Waals surface area contributed by atoms with Gasteiger partial charge in [-0.3, -0.25) is 0 Å².